The van der Waals surface area contributed by atoms with Gasteiger partial charge in [-0.3, -0.25) is 4.79 Å². The third-order valence-electron chi connectivity index (χ3n) is 2.33. The van der Waals surface area contributed by atoms with Crippen molar-refractivity contribution in [2.75, 3.05) is 5.73 Å². The Labute approximate surface area is 112 Å². The van der Waals surface area contributed by atoms with Crippen LogP contribution in [-0.4, -0.2) is 24.3 Å². The summed E-state index contributed by atoms with van der Waals surface area (Å²) in [5.41, 5.74) is 4.89. The number of hydrogen-bond acceptors (Lipinski definition) is 5. The van der Waals surface area contributed by atoms with E-state index in [1.54, 1.807) is 17.0 Å². The number of halogens is 1. The second-order valence-electron chi connectivity index (χ2n) is 4.75. The zero-order valence-corrected chi connectivity index (χ0v) is 11.8. The number of nitrogens with zero attached hydrogens (tertiary/aromatic N) is 5. The van der Waals surface area contributed by atoms with Crippen molar-refractivity contribution in [1.29, 1.82) is 0 Å². The molecular formula is C10H13BrN6O. The summed E-state index contributed by atoms with van der Waals surface area (Å²) in [7, 11) is 0. The summed E-state index contributed by atoms with van der Waals surface area (Å²) in [6, 6.07) is 0. The van der Waals surface area contributed by atoms with Crippen molar-refractivity contribution in [3.63, 3.8) is 0 Å². The molecule has 0 saturated heterocycles. The van der Waals surface area contributed by atoms with Crippen LogP contribution < -0.4 is 11.3 Å². The quantitative estimate of drug-likeness (QED) is 0.845. The number of rotatable bonds is 1. The Morgan fingerprint density at radius 2 is 2.06 bits per heavy atom. The first-order valence-electron chi connectivity index (χ1n) is 5.27. The Morgan fingerprint density at radius 1 is 1.39 bits per heavy atom. The summed E-state index contributed by atoms with van der Waals surface area (Å²) in [5, 5.41) is 3.93. The highest BCUT2D eigenvalue weighted by molar-refractivity contribution is 9.10. The standard InChI is InChI=1S/C10H13BrN6O/c1-10(2,3)16-5-4-13-6(7(16)18)17-8(11)14-9(12)15-17/h4-5H,1-3H3,(H2,12,15). The fourth-order valence-electron chi connectivity index (χ4n) is 1.52. The minimum absolute atomic E-state index is 0.0780. The molecule has 0 unspecified atom stereocenters. The first-order valence-corrected chi connectivity index (χ1v) is 6.06. The van der Waals surface area contributed by atoms with E-state index < -0.39 is 0 Å². The number of anilines is 1. The fraction of sp³-hybridized carbons (Fsp3) is 0.400. The summed E-state index contributed by atoms with van der Waals surface area (Å²) in [5.74, 6) is 0.234. The number of aromatic nitrogens is 5. The van der Waals surface area contributed by atoms with Crippen molar-refractivity contribution in [3.05, 3.63) is 27.5 Å². The molecule has 0 spiro atoms. The van der Waals surface area contributed by atoms with Gasteiger partial charge in [-0.25, -0.2) is 4.98 Å². The van der Waals surface area contributed by atoms with Crippen LogP contribution in [0.4, 0.5) is 5.95 Å². The van der Waals surface area contributed by atoms with Crippen molar-refractivity contribution in [1.82, 2.24) is 24.3 Å². The van der Waals surface area contributed by atoms with E-state index in [-0.39, 0.29) is 22.9 Å². The molecule has 0 aliphatic heterocycles. The van der Waals surface area contributed by atoms with E-state index >= 15 is 0 Å². The van der Waals surface area contributed by atoms with Crippen LogP contribution in [0.25, 0.3) is 5.82 Å². The lowest BCUT2D eigenvalue weighted by Crippen LogP contribution is -2.36. The van der Waals surface area contributed by atoms with Crippen LogP contribution >= 0.6 is 15.9 Å². The molecule has 0 radical (unpaired) electrons. The molecule has 0 amide bonds. The summed E-state index contributed by atoms with van der Waals surface area (Å²) >= 11 is 3.18. The summed E-state index contributed by atoms with van der Waals surface area (Å²) < 4.78 is 3.20. The molecule has 96 valence electrons. The average Bonchev–Trinajstić information content (AvgIpc) is 2.56. The van der Waals surface area contributed by atoms with Gasteiger partial charge in [0.05, 0.1) is 0 Å². The summed E-state index contributed by atoms with van der Waals surface area (Å²) in [4.78, 5) is 20.2. The summed E-state index contributed by atoms with van der Waals surface area (Å²) in [6.07, 6.45) is 3.19. The smallest absolute Gasteiger partial charge is 0.296 e. The number of nitrogens with two attached hydrogens (primary N) is 1. The molecule has 0 aliphatic rings. The largest absolute Gasteiger partial charge is 0.366 e. The fourth-order valence-corrected chi connectivity index (χ4v) is 1.95. The second kappa shape index (κ2) is 4.20. The highest BCUT2D eigenvalue weighted by Gasteiger charge is 2.19. The molecule has 0 atom stereocenters. The van der Waals surface area contributed by atoms with Crippen LogP contribution in [0.2, 0.25) is 0 Å². The molecule has 2 aromatic rings. The normalized spacial score (nSPS) is 11.8. The Hall–Kier alpha value is -1.70. The maximum atomic E-state index is 12.3. The van der Waals surface area contributed by atoms with Crippen molar-refractivity contribution >= 4 is 21.9 Å². The first-order chi connectivity index (χ1) is 8.30. The van der Waals surface area contributed by atoms with Crippen LogP contribution in [-0.2, 0) is 5.54 Å². The minimum Gasteiger partial charge on any atom is -0.366 e. The third-order valence-corrected chi connectivity index (χ3v) is 2.84. The van der Waals surface area contributed by atoms with Gasteiger partial charge in [0.15, 0.2) is 0 Å². The molecule has 0 aromatic carbocycles. The number of hydrogen-bond donors (Lipinski definition) is 1. The van der Waals surface area contributed by atoms with Gasteiger partial charge in [0.25, 0.3) is 5.56 Å². The molecule has 0 fully saturated rings. The summed E-state index contributed by atoms with van der Waals surface area (Å²) in [6.45, 7) is 5.80. The Morgan fingerprint density at radius 3 is 2.56 bits per heavy atom. The molecule has 2 heterocycles. The molecule has 2 aromatic heterocycles. The van der Waals surface area contributed by atoms with Gasteiger partial charge in [0, 0.05) is 17.9 Å². The lowest BCUT2D eigenvalue weighted by Gasteiger charge is -2.22. The predicted molar refractivity (Wildman–Crippen MR) is 70.5 cm³/mol. The molecule has 7 nitrogen and oxygen atoms in total. The number of nitrogen functional groups attached to an aromatic ring is 1. The van der Waals surface area contributed by atoms with E-state index in [0.29, 0.717) is 4.73 Å². The average molecular weight is 313 g/mol. The van der Waals surface area contributed by atoms with Crippen LogP contribution in [0.5, 0.6) is 0 Å². The molecular weight excluding hydrogens is 300 g/mol. The molecule has 0 saturated carbocycles. The zero-order chi connectivity index (χ0) is 13.5. The van der Waals surface area contributed by atoms with Crippen LogP contribution in [0, 0.1) is 0 Å². The highest BCUT2D eigenvalue weighted by atomic mass is 79.9. The molecule has 0 bridgehead atoms. The molecule has 18 heavy (non-hydrogen) atoms. The van der Waals surface area contributed by atoms with E-state index in [1.807, 2.05) is 20.8 Å². The predicted octanol–water partition coefficient (Wildman–Crippen LogP) is 0.924. The third kappa shape index (κ3) is 2.15. The highest BCUT2D eigenvalue weighted by Crippen LogP contribution is 2.13. The van der Waals surface area contributed by atoms with Crippen LogP contribution in [0.15, 0.2) is 21.9 Å². The topological polar surface area (TPSA) is 91.6 Å². The zero-order valence-electron chi connectivity index (χ0n) is 10.3. The van der Waals surface area contributed by atoms with Gasteiger partial charge in [-0.05, 0) is 36.7 Å². The van der Waals surface area contributed by atoms with Crippen molar-refractivity contribution < 1.29 is 0 Å². The van der Waals surface area contributed by atoms with E-state index in [0.717, 1.165) is 0 Å². The SMILES string of the molecule is CC(C)(C)n1ccnc(-n2nc(N)nc2Br)c1=O. The van der Waals surface area contributed by atoms with Gasteiger partial charge < -0.3 is 10.3 Å². The lowest BCUT2D eigenvalue weighted by molar-refractivity contribution is 0.381. The Balaban J connectivity index is 2.68. The van der Waals surface area contributed by atoms with Gasteiger partial charge in [0.1, 0.15) is 0 Å². The molecule has 2 rings (SSSR count). The molecule has 0 aliphatic carbocycles. The lowest BCUT2D eigenvalue weighted by atomic mass is 10.1. The van der Waals surface area contributed by atoms with Gasteiger partial charge in [-0.2, -0.15) is 9.67 Å². The van der Waals surface area contributed by atoms with Gasteiger partial charge in [0.2, 0.25) is 16.5 Å². The van der Waals surface area contributed by atoms with E-state index in [1.165, 1.54) is 4.68 Å². The maximum Gasteiger partial charge on any atom is 0.296 e. The monoisotopic (exact) mass is 312 g/mol. The van der Waals surface area contributed by atoms with Crippen molar-refractivity contribution in [2.24, 2.45) is 0 Å². The van der Waals surface area contributed by atoms with E-state index in [9.17, 15) is 4.79 Å². The van der Waals surface area contributed by atoms with Crippen molar-refractivity contribution in [3.8, 4) is 5.82 Å². The van der Waals surface area contributed by atoms with Crippen LogP contribution in [0.3, 0.4) is 0 Å². The van der Waals surface area contributed by atoms with E-state index in [4.69, 9.17) is 5.73 Å². The van der Waals surface area contributed by atoms with Gasteiger partial charge in [-0.1, -0.05) is 0 Å². The van der Waals surface area contributed by atoms with Crippen molar-refractivity contribution in [2.45, 2.75) is 26.3 Å². The molecule has 8 heteroatoms. The minimum atomic E-state index is -0.340. The van der Waals surface area contributed by atoms with Gasteiger partial charge >= 0.3 is 0 Å². The first kappa shape index (κ1) is 12.7. The Bertz CT molecular complexity index is 639. The van der Waals surface area contributed by atoms with E-state index in [2.05, 4.69) is 31.0 Å². The van der Waals surface area contributed by atoms with Gasteiger partial charge in [-0.15, -0.1) is 5.10 Å². The molecule has 2 N–H and O–H groups in total. The second-order valence-corrected chi connectivity index (χ2v) is 5.46. The Kier molecular flexibility index (Phi) is 2.97. The maximum absolute atomic E-state index is 12.3. The van der Waals surface area contributed by atoms with Crippen LogP contribution in [0.1, 0.15) is 20.8 Å².